The zero-order valence-electron chi connectivity index (χ0n) is 11.2. The molecule has 0 aromatic carbocycles. The summed E-state index contributed by atoms with van der Waals surface area (Å²) in [7, 11) is 0. The molecule has 2 aromatic rings. The molecule has 0 aliphatic carbocycles. The van der Waals surface area contributed by atoms with Crippen molar-refractivity contribution in [3.05, 3.63) is 36.3 Å². The lowest BCUT2D eigenvalue weighted by molar-refractivity contribution is -0.132. The van der Waals surface area contributed by atoms with E-state index in [0.29, 0.717) is 12.3 Å². The number of imidazole rings is 1. The Morgan fingerprint density at radius 3 is 3.21 bits per heavy atom. The van der Waals surface area contributed by atoms with Gasteiger partial charge in [0.2, 0.25) is 5.91 Å². The molecule has 3 heterocycles. The van der Waals surface area contributed by atoms with Gasteiger partial charge in [0.05, 0.1) is 0 Å². The Hall–Kier alpha value is -1.84. The van der Waals surface area contributed by atoms with E-state index in [0.717, 1.165) is 31.6 Å². The molecule has 0 bridgehead atoms. The maximum atomic E-state index is 11.9. The van der Waals surface area contributed by atoms with E-state index < -0.39 is 0 Å². The monoisotopic (exact) mass is 257 g/mol. The van der Waals surface area contributed by atoms with Crippen LogP contribution in [0.1, 0.15) is 37.8 Å². The van der Waals surface area contributed by atoms with Crippen molar-refractivity contribution in [3.63, 3.8) is 0 Å². The molecule has 1 aliphatic heterocycles. The van der Waals surface area contributed by atoms with Crippen molar-refractivity contribution < 1.29 is 4.79 Å². The van der Waals surface area contributed by atoms with Crippen LogP contribution in [-0.2, 0) is 4.79 Å². The maximum absolute atomic E-state index is 11.9. The van der Waals surface area contributed by atoms with Gasteiger partial charge in [-0.1, -0.05) is 13.0 Å². The number of hydrogen-bond donors (Lipinski definition) is 0. The van der Waals surface area contributed by atoms with E-state index in [9.17, 15) is 4.79 Å². The smallest absolute Gasteiger partial charge is 0.222 e. The van der Waals surface area contributed by atoms with Gasteiger partial charge in [0.15, 0.2) is 0 Å². The van der Waals surface area contributed by atoms with Crippen molar-refractivity contribution in [1.82, 2.24) is 14.3 Å². The highest BCUT2D eigenvalue weighted by Gasteiger charge is 2.25. The van der Waals surface area contributed by atoms with Gasteiger partial charge in [0, 0.05) is 43.5 Å². The van der Waals surface area contributed by atoms with E-state index in [1.807, 2.05) is 30.3 Å². The molecule has 3 rings (SSSR count). The second kappa shape index (κ2) is 5.03. The Kier molecular flexibility index (Phi) is 3.23. The normalized spacial score (nSPS) is 19.8. The van der Waals surface area contributed by atoms with Gasteiger partial charge in [-0.15, -0.1) is 0 Å². The van der Waals surface area contributed by atoms with Crippen molar-refractivity contribution in [2.45, 2.75) is 32.1 Å². The Morgan fingerprint density at radius 2 is 2.37 bits per heavy atom. The summed E-state index contributed by atoms with van der Waals surface area (Å²) in [6.45, 7) is 3.68. The summed E-state index contributed by atoms with van der Waals surface area (Å²) in [6, 6.07) is 6.22. The summed E-state index contributed by atoms with van der Waals surface area (Å²) in [6.07, 6.45) is 6.66. The second-order valence-electron chi connectivity index (χ2n) is 5.14. The molecule has 4 nitrogen and oxygen atoms in total. The number of piperidine rings is 1. The number of pyridine rings is 1. The van der Waals surface area contributed by atoms with Crippen LogP contribution in [0.3, 0.4) is 0 Å². The van der Waals surface area contributed by atoms with Crippen LogP contribution in [0.5, 0.6) is 0 Å². The summed E-state index contributed by atoms with van der Waals surface area (Å²) in [5.74, 6) is 0.685. The molecule has 1 saturated heterocycles. The highest BCUT2D eigenvalue weighted by Crippen LogP contribution is 2.27. The topological polar surface area (TPSA) is 37.6 Å². The zero-order chi connectivity index (χ0) is 13.2. The van der Waals surface area contributed by atoms with Crippen LogP contribution in [0, 0.1) is 0 Å². The Morgan fingerprint density at radius 1 is 1.47 bits per heavy atom. The van der Waals surface area contributed by atoms with Gasteiger partial charge < -0.3 is 9.30 Å². The lowest BCUT2D eigenvalue weighted by Gasteiger charge is -2.33. The Bertz CT molecular complexity index is 590. The maximum Gasteiger partial charge on any atom is 0.222 e. The lowest BCUT2D eigenvalue weighted by atomic mass is 9.94. The third-order valence-corrected chi connectivity index (χ3v) is 3.95. The first-order chi connectivity index (χ1) is 9.29. The van der Waals surface area contributed by atoms with Crippen LogP contribution in [0.25, 0.3) is 5.65 Å². The van der Waals surface area contributed by atoms with E-state index in [4.69, 9.17) is 0 Å². The third kappa shape index (κ3) is 2.23. The number of likely N-dealkylation sites (tertiary alicyclic amines) is 1. The summed E-state index contributed by atoms with van der Waals surface area (Å²) < 4.78 is 2.14. The lowest BCUT2D eigenvalue weighted by Crippen LogP contribution is -2.39. The SMILES string of the molecule is CCC(=O)N1CCCC(c2cccc3nccn23)C1. The van der Waals surface area contributed by atoms with Crippen LogP contribution in [-0.4, -0.2) is 33.3 Å². The number of nitrogens with zero attached hydrogens (tertiary/aromatic N) is 3. The largest absolute Gasteiger partial charge is 0.342 e. The first-order valence-electron chi connectivity index (χ1n) is 6.99. The standard InChI is InChI=1S/C15H19N3O/c1-2-15(19)17-9-4-5-12(11-17)13-6-3-7-14-16-8-10-18(13)14/h3,6-8,10,12H,2,4-5,9,11H2,1H3. The first-order valence-corrected chi connectivity index (χ1v) is 6.99. The van der Waals surface area contributed by atoms with E-state index in [1.165, 1.54) is 5.69 Å². The van der Waals surface area contributed by atoms with Crippen molar-refractivity contribution >= 4 is 11.6 Å². The van der Waals surface area contributed by atoms with Gasteiger partial charge in [-0.3, -0.25) is 4.79 Å². The quantitative estimate of drug-likeness (QED) is 0.828. The molecule has 0 saturated carbocycles. The van der Waals surface area contributed by atoms with E-state index in [-0.39, 0.29) is 5.91 Å². The fourth-order valence-corrected chi connectivity index (χ4v) is 2.97. The van der Waals surface area contributed by atoms with Crippen LogP contribution in [0.15, 0.2) is 30.6 Å². The van der Waals surface area contributed by atoms with E-state index in [2.05, 4.69) is 21.5 Å². The van der Waals surface area contributed by atoms with Crippen LogP contribution >= 0.6 is 0 Å². The predicted octanol–water partition coefficient (Wildman–Crippen LogP) is 2.45. The van der Waals surface area contributed by atoms with E-state index in [1.54, 1.807) is 0 Å². The number of fused-ring (bicyclic) bond motifs is 1. The number of carbonyl (C=O) groups is 1. The predicted molar refractivity (Wildman–Crippen MR) is 74.0 cm³/mol. The molecule has 1 amide bonds. The fourth-order valence-electron chi connectivity index (χ4n) is 2.97. The van der Waals surface area contributed by atoms with Gasteiger partial charge in [0.1, 0.15) is 5.65 Å². The summed E-state index contributed by atoms with van der Waals surface area (Å²) >= 11 is 0. The van der Waals surface area contributed by atoms with Gasteiger partial charge in [-0.25, -0.2) is 4.98 Å². The second-order valence-corrected chi connectivity index (χ2v) is 5.14. The number of carbonyl (C=O) groups excluding carboxylic acids is 1. The molecule has 2 aromatic heterocycles. The molecule has 1 aliphatic rings. The number of hydrogen-bond acceptors (Lipinski definition) is 2. The van der Waals surface area contributed by atoms with Crippen molar-refractivity contribution in [1.29, 1.82) is 0 Å². The molecule has 1 atom stereocenters. The minimum Gasteiger partial charge on any atom is -0.342 e. The highest BCUT2D eigenvalue weighted by molar-refractivity contribution is 5.76. The van der Waals surface area contributed by atoms with Crippen molar-refractivity contribution in [2.75, 3.05) is 13.1 Å². The molecule has 1 unspecified atom stereocenters. The third-order valence-electron chi connectivity index (χ3n) is 3.95. The molecule has 0 spiro atoms. The minimum atomic E-state index is 0.266. The van der Waals surface area contributed by atoms with Crippen molar-refractivity contribution in [2.24, 2.45) is 0 Å². The summed E-state index contributed by atoms with van der Waals surface area (Å²) in [5.41, 5.74) is 2.25. The summed E-state index contributed by atoms with van der Waals surface area (Å²) in [5, 5.41) is 0. The Labute approximate surface area is 113 Å². The van der Waals surface area contributed by atoms with Gasteiger partial charge in [-0.05, 0) is 25.0 Å². The Balaban J connectivity index is 1.89. The number of amides is 1. The highest BCUT2D eigenvalue weighted by atomic mass is 16.2. The van der Waals surface area contributed by atoms with Crippen LogP contribution in [0.4, 0.5) is 0 Å². The number of aromatic nitrogens is 2. The molecule has 0 N–H and O–H groups in total. The molecule has 1 fully saturated rings. The first kappa shape index (κ1) is 12.2. The average molecular weight is 257 g/mol. The molecule has 100 valence electrons. The molecular weight excluding hydrogens is 238 g/mol. The van der Waals surface area contributed by atoms with Gasteiger partial charge >= 0.3 is 0 Å². The van der Waals surface area contributed by atoms with E-state index >= 15 is 0 Å². The summed E-state index contributed by atoms with van der Waals surface area (Å²) in [4.78, 5) is 18.2. The van der Waals surface area contributed by atoms with Crippen LogP contribution < -0.4 is 0 Å². The van der Waals surface area contributed by atoms with Crippen molar-refractivity contribution in [3.8, 4) is 0 Å². The molecule has 0 radical (unpaired) electrons. The fraction of sp³-hybridized carbons (Fsp3) is 0.467. The van der Waals surface area contributed by atoms with Gasteiger partial charge in [0.25, 0.3) is 0 Å². The average Bonchev–Trinajstić information content (AvgIpc) is 2.94. The number of rotatable bonds is 2. The minimum absolute atomic E-state index is 0.266. The zero-order valence-corrected chi connectivity index (χ0v) is 11.2. The van der Waals surface area contributed by atoms with Gasteiger partial charge in [-0.2, -0.15) is 0 Å². The van der Waals surface area contributed by atoms with Crippen LogP contribution in [0.2, 0.25) is 0 Å². The molecular formula is C15H19N3O. The molecule has 4 heteroatoms. The molecule has 19 heavy (non-hydrogen) atoms.